The Kier molecular flexibility index (Phi) is 6.37. The second kappa shape index (κ2) is 7.60. The predicted molar refractivity (Wildman–Crippen MR) is 61.3 cm³/mol. The average Bonchev–Trinajstić information content (AvgIpc) is 2.82. The van der Waals surface area contributed by atoms with Crippen molar-refractivity contribution in [2.75, 3.05) is 53.6 Å². The molecule has 0 aliphatic carbocycles. The molecule has 5 nitrogen and oxygen atoms in total. The van der Waals surface area contributed by atoms with Gasteiger partial charge in [-0.3, -0.25) is 4.79 Å². The van der Waals surface area contributed by atoms with Gasteiger partial charge in [0.05, 0.1) is 19.1 Å². The van der Waals surface area contributed by atoms with E-state index in [0.717, 1.165) is 19.5 Å². The van der Waals surface area contributed by atoms with Crippen molar-refractivity contribution in [2.24, 2.45) is 5.92 Å². The quantitative estimate of drug-likeness (QED) is 0.653. The molecule has 1 aliphatic rings. The van der Waals surface area contributed by atoms with E-state index < -0.39 is 0 Å². The average molecular weight is 230 g/mol. The van der Waals surface area contributed by atoms with Gasteiger partial charge in [-0.05, 0) is 13.0 Å². The van der Waals surface area contributed by atoms with Crippen molar-refractivity contribution in [3.05, 3.63) is 0 Å². The maximum absolute atomic E-state index is 12.1. The van der Waals surface area contributed by atoms with Crippen LogP contribution in [0.4, 0.5) is 0 Å². The summed E-state index contributed by atoms with van der Waals surface area (Å²) in [6.45, 7) is 4.20. The number of nitrogens with one attached hydrogen (secondary N) is 1. The van der Waals surface area contributed by atoms with Crippen LogP contribution in [0.1, 0.15) is 6.42 Å². The van der Waals surface area contributed by atoms with Crippen molar-refractivity contribution in [2.45, 2.75) is 6.42 Å². The smallest absolute Gasteiger partial charge is 0.227 e. The van der Waals surface area contributed by atoms with Crippen molar-refractivity contribution < 1.29 is 14.3 Å². The van der Waals surface area contributed by atoms with Crippen LogP contribution < -0.4 is 5.32 Å². The molecule has 0 aromatic carbocycles. The number of rotatable bonds is 7. The predicted octanol–water partition coefficient (Wildman–Crippen LogP) is -0.283. The second-order valence-corrected chi connectivity index (χ2v) is 4.00. The van der Waals surface area contributed by atoms with Gasteiger partial charge in [0.1, 0.15) is 0 Å². The van der Waals surface area contributed by atoms with E-state index in [9.17, 15) is 4.79 Å². The van der Waals surface area contributed by atoms with E-state index >= 15 is 0 Å². The lowest BCUT2D eigenvalue weighted by Crippen LogP contribution is -2.41. The van der Waals surface area contributed by atoms with E-state index in [1.54, 1.807) is 14.2 Å². The molecule has 0 saturated carbocycles. The molecule has 94 valence electrons. The van der Waals surface area contributed by atoms with E-state index in [2.05, 4.69) is 5.32 Å². The summed E-state index contributed by atoms with van der Waals surface area (Å²) in [7, 11) is 3.30. The second-order valence-electron chi connectivity index (χ2n) is 4.00. The Bertz CT molecular complexity index is 197. The van der Waals surface area contributed by atoms with Gasteiger partial charge < -0.3 is 19.7 Å². The molecular weight excluding hydrogens is 208 g/mol. The van der Waals surface area contributed by atoms with Crippen molar-refractivity contribution in [3.63, 3.8) is 0 Å². The van der Waals surface area contributed by atoms with Crippen molar-refractivity contribution in [1.82, 2.24) is 10.2 Å². The number of amides is 1. The van der Waals surface area contributed by atoms with Gasteiger partial charge in [0.25, 0.3) is 0 Å². The van der Waals surface area contributed by atoms with E-state index in [-0.39, 0.29) is 11.8 Å². The standard InChI is InChI=1S/C11H22N2O3/c1-15-7-5-13(6-8-16-2)11(14)10-3-4-12-9-10/h10,12H,3-9H2,1-2H3/t10-/m1/s1. The zero-order valence-electron chi connectivity index (χ0n) is 10.2. The maximum Gasteiger partial charge on any atom is 0.227 e. The summed E-state index contributed by atoms with van der Waals surface area (Å²) in [5, 5.41) is 3.21. The summed E-state index contributed by atoms with van der Waals surface area (Å²) >= 11 is 0. The summed E-state index contributed by atoms with van der Waals surface area (Å²) < 4.78 is 10.0. The molecule has 0 radical (unpaired) electrons. The number of carbonyl (C=O) groups is 1. The maximum atomic E-state index is 12.1. The third-order valence-corrected chi connectivity index (χ3v) is 2.85. The van der Waals surface area contributed by atoms with Crippen molar-refractivity contribution >= 4 is 5.91 Å². The normalized spacial score (nSPS) is 20.0. The Balaban J connectivity index is 2.41. The molecule has 1 N–H and O–H groups in total. The highest BCUT2D eigenvalue weighted by Crippen LogP contribution is 2.11. The molecule has 0 aromatic heterocycles. The summed E-state index contributed by atoms with van der Waals surface area (Å²) in [6, 6.07) is 0. The van der Waals surface area contributed by atoms with E-state index in [1.165, 1.54) is 0 Å². The van der Waals surface area contributed by atoms with Gasteiger partial charge >= 0.3 is 0 Å². The van der Waals surface area contributed by atoms with Crippen LogP contribution in [0.2, 0.25) is 0 Å². The van der Waals surface area contributed by atoms with E-state index in [4.69, 9.17) is 9.47 Å². The fourth-order valence-electron chi connectivity index (χ4n) is 1.86. The van der Waals surface area contributed by atoms with Crippen LogP contribution in [-0.2, 0) is 14.3 Å². The molecule has 0 aromatic rings. The first-order valence-corrected chi connectivity index (χ1v) is 5.77. The first kappa shape index (κ1) is 13.4. The van der Waals surface area contributed by atoms with Gasteiger partial charge in [-0.2, -0.15) is 0 Å². The number of ether oxygens (including phenoxy) is 2. The SMILES string of the molecule is COCCN(CCOC)C(=O)[C@@H]1CCNC1. The Morgan fingerprint density at radius 1 is 1.31 bits per heavy atom. The highest BCUT2D eigenvalue weighted by molar-refractivity contribution is 5.79. The monoisotopic (exact) mass is 230 g/mol. The summed E-state index contributed by atoms with van der Waals surface area (Å²) in [5.41, 5.74) is 0. The molecule has 1 atom stereocenters. The first-order valence-electron chi connectivity index (χ1n) is 5.77. The largest absolute Gasteiger partial charge is 0.383 e. The van der Waals surface area contributed by atoms with Crippen LogP contribution in [0.15, 0.2) is 0 Å². The molecular formula is C11H22N2O3. The summed E-state index contributed by atoms with van der Waals surface area (Å²) in [5.74, 6) is 0.354. The molecule has 0 bridgehead atoms. The van der Waals surface area contributed by atoms with Gasteiger partial charge in [-0.15, -0.1) is 0 Å². The number of carbonyl (C=O) groups excluding carboxylic acids is 1. The van der Waals surface area contributed by atoms with E-state index in [1.807, 2.05) is 4.90 Å². The first-order chi connectivity index (χ1) is 7.79. The fraction of sp³-hybridized carbons (Fsp3) is 0.909. The fourth-order valence-corrected chi connectivity index (χ4v) is 1.86. The van der Waals surface area contributed by atoms with Crippen LogP contribution >= 0.6 is 0 Å². The molecule has 1 saturated heterocycles. The minimum atomic E-state index is 0.133. The lowest BCUT2D eigenvalue weighted by atomic mass is 10.1. The minimum absolute atomic E-state index is 0.133. The molecule has 0 spiro atoms. The van der Waals surface area contributed by atoms with Crippen LogP contribution in [-0.4, -0.2) is 64.4 Å². The molecule has 1 aliphatic heterocycles. The zero-order chi connectivity index (χ0) is 11.8. The third-order valence-electron chi connectivity index (χ3n) is 2.85. The molecule has 1 amide bonds. The van der Waals surface area contributed by atoms with Gasteiger partial charge in [0.15, 0.2) is 0 Å². The van der Waals surface area contributed by atoms with Gasteiger partial charge in [0, 0.05) is 33.9 Å². The lowest BCUT2D eigenvalue weighted by Gasteiger charge is -2.24. The summed E-state index contributed by atoms with van der Waals surface area (Å²) in [4.78, 5) is 14.0. The van der Waals surface area contributed by atoms with Gasteiger partial charge in [-0.1, -0.05) is 0 Å². The molecule has 5 heteroatoms. The molecule has 1 fully saturated rings. The highest BCUT2D eigenvalue weighted by atomic mass is 16.5. The van der Waals surface area contributed by atoms with E-state index in [0.29, 0.717) is 26.3 Å². The minimum Gasteiger partial charge on any atom is -0.383 e. The number of nitrogens with zero attached hydrogens (tertiary/aromatic N) is 1. The highest BCUT2D eigenvalue weighted by Gasteiger charge is 2.26. The van der Waals surface area contributed by atoms with Crippen molar-refractivity contribution in [1.29, 1.82) is 0 Å². The van der Waals surface area contributed by atoms with Gasteiger partial charge in [-0.25, -0.2) is 0 Å². The molecule has 16 heavy (non-hydrogen) atoms. The van der Waals surface area contributed by atoms with Crippen molar-refractivity contribution in [3.8, 4) is 0 Å². The Labute approximate surface area is 97.1 Å². The Morgan fingerprint density at radius 3 is 2.38 bits per heavy atom. The molecule has 1 heterocycles. The molecule has 1 rings (SSSR count). The number of hydrogen-bond donors (Lipinski definition) is 1. The third kappa shape index (κ3) is 4.08. The Hall–Kier alpha value is -0.650. The number of hydrogen-bond acceptors (Lipinski definition) is 4. The topological polar surface area (TPSA) is 50.8 Å². The van der Waals surface area contributed by atoms with Crippen LogP contribution in [0.25, 0.3) is 0 Å². The van der Waals surface area contributed by atoms with Crippen LogP contribution in [0.5, 0.6) is 0 Å². The zero-order valence-corrected chi connectivity index (χ0v) is 10.2. The summed E-state index contributed by atoms with van der Waals surface area (Å²) in [6.07, 6.45) is 0.940. The van der Waals surface area contributed by atoms with Gasteiger partial charge in [0.2, 0.25) is 5.91 Å². The number of methoxy groups -OCH3 is 2. The lowest BCUT2D eigenvalue weighted by molar-refractivity contribution is -0.136. The Morgan fingerprint density at radius 2 is 1.94 bits per heavy atom. The van der Waals surface area contributed by atoms with Crippen LogP contribution in [0.3, 0.4) is 0 Å². The molecule has 0 unspecified atom stereocenters. The van der Waals surface area contributed by atoms with Crippen LogP contribution in [0, 0.1) is 5.92 Å².